The topological polar surface area (TPSA) is 54.8 Å². The first-order valence-corrected chi connectivity index (χ1v) is 8.37. The van der Waals surface area contributed by atoms with Crippen LogP contribution >= 0.6 is 11.3 Å². The van der Waals surface area contributed by atoms with Gasteiger partial charge in [-0.3, -0.25) is 0 Å². The molecule has 0 saturated carbocycles. The largest absolute Gasteiger partial charge is 0.341 e. The van der Waals surface area contributed by atoms with Crippen molar-refractivity contribution in [2.24, 2.45) is 0 Å². The van der Waals surface area contributed by atoms with E-state index in [0.717, 1.165) is 54.7 Å². The number of rotatable bonds is 3. The molecule has 0 spiro atoms. The molecule has 2 aromatic rings. The maximum absolute atomic E-state index is 4.56. The van der Waals surface area contributed by atoms with Crippen LogP contribution in [0.4, 0.5) is 5.95 Å². The van der Waals surface area contributed by atoms with Gasteiger partial charge in [-0.2, -0.15) is 0 Å². The molecule has 0 aliphatic carbocycles. The van der Waals surface area contributed by atoms with E-state index in [0.29, 0.717) is 5.92 Å². The van der Waals surface area contributed by atoms with E-state index in [9.17, 15) is 0 Å². The fourth-order valence-electron chi connectivity index (χ4n) is 2.75. The van der Waals surface area contributed by atoms with Crippen molar-refractivity contribution in [3.05, 3.63) is 27.5 Å². The summed E-state index contributed by atoms with van der Waals surface area (Å²) in [4.78, 5) is 11.4. The van der Waals surface area contributed by atoms with Gasteiger partial charge in [-0.15, -0.1) is 21.5 Å². The third-order valence-electron chi connectivity index (χ3n) is 3.88. The van der Waals surface area contributed by atoms with Gasteiger partial charge in [0.05, 0.1) is 0 Å². The van der Waals surface area contributed by atoms with Crippen molar-refractivity contribution < 1.29 is 0 Å². The number of aryl methyl sites for hydroxylation is 3. The zero-order chi connectivity index (χ0) is 14.8. The van der Waals surface area contributed by atoms with Crippen LogP contribution in [0.1, 0.15) is 47.1 Å². The van der Waals surface area contributed by atoms with Gasteiger partial charge >= 0.3 is 0 Å². The third kappa shape index (κ3) is 3.20. The lowest BCUT2D eigenvalue weighted by Gasteiger charge is -2.31. The minimum atomic E-state index is 0.546. The minimum Gasteiger partial charge on any atom is -0.341 e. The Kier molecular flexibility index (Phi) is 4.14. The summed E-state index contributed by atoms with van der Waals surface area (Å²) in [5, 5.41) is 10.9. The van der Waals surface area contributed by atoms with E-state index in [4.69, 9.17) is 0 Å². The van der Waals surface area contributed by atoms with E-state index in [1.54, 1.807) is 11.3 Å². The number of hydrogen-bond donors (Lipinski definition) is 0. The Morgan fingerprint density at radius 2 is 1.81 bits per heavy atom. The van der Waals surface area contributed by atoms with Gasteiger partial charge in [-0.25, -0.2) is 9.97 Å². The van der Waals surface area contributed by atoms with E-state index in [1.807, 2.05) is 19.9 Å². The molecular weight excluding hydrogens is 282 g/mol. The lowest BCUT2D eigenvalue weighted by atomic mass is 9.98. The maximum atomic E-state index is 4.56. The fraction of sp³-hybridized carbons (Fsp3) is 0.600. The van der Waals surface area contributed by atoms with Gasteiger partial charge in [-0.05, 0) is 39.2 Å². The second kappa shape index (κ2) is 6.05. The van der Waals surface area contributed by atoms with E-state index in [1.165, 1.54) is 5.01 Å². The van der Waals surface area contributed by atoms with Crippen molar-refractivity contribution in [1.29, 1.82) is 0 Å². The van der Waals surface area contributed by atoms with Crippen LogP contribution in [0, 0.1) is 13.8 Å². The molecule has 2 aromatic heterocycles. The number of hydrogen-bond acceptors (Lipinski definition) is 6. The molecule has 1 saturated heterocycles. The Bertz CT molecular complexity index is 596. The second-order valence-corrected chi connectivity index (χ2v) is 6.69. The number of nitrogens with zero attached hydrogens (tertiary/aromatic N) is 5. The molecule has 0 amide bonds. The van der Waals surface area contributed by atoms with Gasteiger partial charge in [0.25, 0.3) is 0 Å². The normalized spacial score (nSPS) is 16.4. The molecule has 1 fully saturated rings. The van der Waals surface area contributed by atoms with E-state index in [2.05, 4.69) is 32.0 Å². The van der Waals surface area contributed by atoms with Crippen LogP contribution in [0.3, 0.4) is 0 Å². The first kappa shape index (κ1) is 14.4. The molecule has 0 unspecified atom stereocenters. The average Bonchev–Trinajstić information content (AvgIpc) is 2.95. The third-order valence-corrected chi connectivity index (χ3v) is 5.11. The number of piperidine rings is 1. The lowest BCUT2D eigenvalue weighted by molar-refractivity contribution is 0.494. The van der Waals surface area contributed by atoms with E-state index in [-0.39, 0.29) is 0 Å². The molecule has 3 rings (SSSR count). The van der Waals surface area contributed by atoms with E-state index >= 15 is 0 Å². The highest BCUT2D eigenvalue weighted by atomic mass is 32.1. The van der Waals surface area contributed by atoms with Crippen molar-refractivity contribution in [3.63, 3.8) is 0 Å². The number of aromatic nitrogens is 4. The molecule has 1 aliphatic rings. The summed E-state index contributed by atoms with van der Waals surface area (Å²) in [6, 6.07) is 2.02. The molecule has 1 aliphatic heterocycles. The molecular formula is C15H21N5S. The van der Waals surface area contributed by atoms with Gasteiger partial charge in [0.1, 0.15) is 10.0 Å². The summed E-state index contributed by atoms with van der Waals surface area (Å²) in [5.74, 6) is 1.42. The lowest BCUT2D eigenvalue weighted by Crippen LogP contribution is -2.34. The minimum absolute atomic E-state index is 0.546. The monoisotopic (exact) mass is 303 g/mol. The Hall–Kier alpha value is -1.56. The Morgan fingerprint density at radius 3 is 2.38 bits per heavy atom. The zero-order valence-electron chi connectivity index (χ0n) is 12.8. The van der Waals surface area contributed by atoms with Crippen LogP contribution in [-0.4, -0.2) is 33.3 Å². The Morgan fingerprint density at radius 1 is 1.14 bits per heavy atom. The zero-order valence-corrected chi connectivity index (χ0v) is 13.7. The fourth-order valence-corrected chi connectivity index (χ4v) is 3.70. The molecule has 0 atom stereocenters. The summed E-state index contributed by atoms with van der Waals surface area (Å²) in [7, 11) is 0. The van der Waals surface area contributed by atoms with Gasteiger partial charge in [-0.1, -0.05) is 6.92 Å². The standard InChI is InChI=1S/C15H21N5S/c1-4-13-18-19-14(21-13)12-5-7-20(8-6-12)15-16-10(2)9-11(3)17-15/h9,12H,4-8H2,1-3H3. The van der Waals surface area contributed by atoms with Crippen LogP contribution in [0.5, 0.6) is 0 Å². The van der Waals surface area contributed by atoms with Crippen LogP contribution in [0.15, 0.2) is 6.07 Å². The molecule has 0 aromatic carbocycles. The van der Waals surface area contributed by atoms with Crippen LogP contribution in [0.2, 0.25) is 0 Å². The first-order valence-electron chi connectivity index (χ1n) is 7.55. The first-order chi connectivity index (χ1) is 10.2. The van der Waals surface area contributed by atoms with Gasteiger partial charge in [0, 0.05) is 30.4 Å². The molecule has 3 heterocycles. The smallest absolute Gasteiger partial charge is 0.225 e. The SMILES string of the molecule is CCc1nnc(C2CCN(c3nc(C)cc(C)n3)CC2)s1. The molecule has 0 radical (unpaired) electrons. The molecule has 0 N–H and O–H groups in total. The van der Waals surface area contributed by atoms with Crippen LogP contribution < -0.4 is 4.90 Å². The predicted molar refractivity (Wildman–Crippen MR) is 85.0 cm³/mol. The average molecular weight is 303 g/mol. The van der Waals surface area contributed by atoms with Crippen molar-refractivity contribution in [2.45, 2.75) is 46.0 Å². The highest BCUT2D eigenvalue weighted by Crippen LogP contribution is 2.31. The van der Waals surface area contributed by atoms with Crippen LogP contribution in [0.25, 0.3) is 0 Å². The predicted octanol–water partition coefficient (Wildman–Crippen LogP) is 2.89. The Labute approximate surface area is 129 Å². The highest BCUT2D eigenvalue weighted by Gasteiger charge is 2.25. The summed E-state index contributed by atoms with van der Waals surface area (Å²) in [6.45, 7) is 8.17. The van der Waals surface area contributed by atoms with E-state index < -0.39 is 0 Å². The summed E-state index contributed by atoms with van der Waals surface area (Å²) < 4.78 is 0. The summed E-state index contributed by atoms with van der Waals surface area (Å²) in [6.07, 6.45) is 3.19. The van der Waals surface area contributed by atoms with Crippen molar-refractivity contribution in [1.82, 2.24) is 20.2 Å². The second-order valence-electron chi connectivity index (χ2n) is 5.60. The van der Waals surface area contributed by atoms with Crippen molar-refractivity contribution in [2.75, 3.05) is 18.0 Å². The van der Waals surface area contributed by atoms with Crippen molar-refractivity contribution >= 4 is 17.3 Å². The van der Waals surface area contributed by atoms with Crippen molar-refractivity contribution in [3.8, 4) is 0 Å². The highest BCUT2D eigenvalue weighted by molar-refractivity contribution is 7.11. The summed E-state index contributed by atoms with van der Waals surface area (Å²) in [5.41, 5.74) is 2.08. The molecule has 6 heteroatoms. The van der Waals surface area contributed by atoms with Gasteiger partial charge in [0.15, 0.2) is 0 Å². The molecule has 0 bridgehead atoms. The molecule has 5 nitrogen and oxygen atoms in total. The van der Waals surface area contributed by atoms with Gasteiger partial charge in [0.2, 0.25) is 5.95 Å². The molecule has 112 valence electrons. The Balaban J connectivity index is 1.67. The number of anilines is 1. The quantitative estimate of drug-likeness (QED) is 0.872. The maximum Gasteiger partial charge on any atom is 0.225 e. The summed E-state index contributed by atoms with van der Waals surface area (Å²) >= 11 is 1.77. The van der Waals surface area contributed by atoms with Gasteiger partial charge < -0.3 is 4.90 Å². The van der Waals surface area contributed by atoms with Crippen LogP contribution in [-0.2, 0) is 6.42 Å². The molecule has 21 heavy (non-hydrogen) atoms.